The molecule has 1 aromatic carbocycles. The summed E-state index contributed by atoms with van der Waals surface area (Å²) in [5, 5.41) is 3.72. The Labute approximate surface area is 121 Å². The Morgan fingerprint density at radius 2 is 2.05 bits per heavy atom. The standard InChI is InChI=1S/C14H14ClN3O2/c1-3-12-17-13(15)8(2)14(18-12)16-9-4-5-10-11(6-9)20-7-19-10/h4-6H,3,7H2,1-2H3,(H,16,17,18). The predicted octanol–water partition coefficient (Wildman–Crippen LogP) is 3.47. The molecule has 0 radical (unpaired) electrons. The molecule has 0 aliphatic carbocycles. The van der Waals surface area contributed by atoms with Crippen molar-refractivity contribution < 1.29 is 9.47 Å². The lowest BCUT2D eigenvalue weighted by Crippen LogP contribution is -2.03. The van der Waals surface area contributed by atoms with Gasteiger partial charge in [0.1, 0.15) is 16.8 Å². The monoisotopic (exact) mass is 291 g/mol. The normalized spacial score (nSPS) is 12.6. The van der Waals surface area contributed by atoms with Crippen LogP contribution in [0.15, 0.2) is 18.2 Å². The van der Waals surface area contributed by atoms with Crippen LogP contribution in [0, 0.1) is 6.92 Å². The van der Waals surface area contributed by atoms with Crippen molar-refractivity contribution in [1.82, 2.24) is 9.97 Å². The van der Waals surface area contributed by atoms with E-state index in [-0.39, 0.29) is 6.79 Å². The van der Waals surface area contributed by atoms with Crippen LogP contribution in [0.4, 0.5) is 11.5 Å². The van der Waals surface area contributed by atoms with Gasteiger partial charge < -0.3 is 14.8 Å². The minimum atomic E-state index is 0.261. The molecule has 20 heavy (non-hydrogen) atoms. The van der Waals surface area contributed by atoms with Gasteiger partial charge in [-0.2, -0.15) is 0 Å². The van der Waals surface area contributed by atoms with Gasteiger partial charge in [0.05, 0.1) is 0 Å². The largest absolute Gasteiger partial charge is 0.454 e. The van der Waals surface area contributed by atoms with Crippen LogP contribution in [-0.4, -0.2) is 16.8 Å². The number of aryl methyl sites for hydroxylation is 1. The zero-order valence-electron chi connectivity index (χ0n) is 11.2. The van der Waals surface area contributed by atoms with Gasteiger partial charge in [-0.25, -0.2) is 9.97 Å². The highest BCUT2D eigenvalue weighted by molar-refractivity contribution is 6.30. The van der Waals surface area contributed by atoms with E-state index >= 15 is 0 Å². The van der Waals surface area contributed by atoms with Crippen LogP contribution >= 0.6 is 11.6 Å². The fourth-order valence-corrected chi connectivity index (χ4v) is 2.11. The molecule has 1 aromatic heterocycles. The maximum absolute atomic E-state index is 6.12. The molecule has 0 amide bonds. The molecular weight excluding hydrogens is 278 g/mol. The van der Waals surface area contributed by atoms with Crippen molar-refractivity contribution in [2.45, 2.75) is 20.3 Å². The van der Waals surface area contributed by atoms with Gasteiger partial charge in [0.2, 0.25) is 6.79 Å². The molecule has 1 aliphatic rings. The number of hydrogen-bond acceptors (Lipinski definition) is 5. The third-order valence-electron chi connectivity index (χ3n) is 3.08. The van der Waals surface area contributed by atoms with Crippen molar-refractivity contribution >= 4 is 23.1 Å². The number of nitrogens with zero attached hydrogens (tertiary/aromatic N) is 2. The molecule has 0 atom stereocenters. The van der Waals surface area contributed by atoms with E-state index in [1.54, 1.807) is 0 Å². The molecule has 2 heterocycles. The summed E-state index contributed by atoms with van der Waals surface area (Å²) in [5.41, 5.74) is 1.69. The maximum atomic E-state index is 6.12. The number of aromatic nitrogens is 2. The van der Waals surface area contributed by atoms with E-state index in [0.29, 0.717) is 16.8 Å². The van der Waals surface area contributed by atoms with E-state index in [1.807, 2.05) is 32.0 Å². The van der Waals surface area contributed by atoms with E-state index in [1.165, 1.54) is 0 Å². The van der Waals surface area contributed by atoms with Crippen molar-refractivity contribution in [1.29, 1.82) is 0 Å². The number of benzene rings is 1. The summed E-state index contributed by atoms with van der Waals surface area (Å²) < 4.78 is 10.6. The quantitative estimate of drug-likeness (QED) is 0.878. The van der Waals surface area contributed by atoms with Gasteiger partial charge in [-0.05, 0) is 19.1 Å². The highest BCUT2D eigenvalue weighted by Gasteiger charge is 2.14. The van der Waals surface area contributed by atoms with Gasteiger partial charge in [-0.15, -0.1) is 0 Å². The second kappa shape index (κ2) is 5.17. The summed E-state index contributed by atoms with van der Waals surface area (Å²) in [4.78, 5) is 8.68. The lowest BCUT2D eigenvalue weighted by Gasteiger charge is -2.11. The molecule has 0 spiro atoms. The fraction of sp³-hybridized carbons (Fsp3) is 0.286. The van der Waals surface area contributed by atoms with E-state index < -0.39 is 0 Å². The van der Waals surface area contributed by atoms with Gasteiger partial charge in [0.25, 0.3) is 0 Å². The molecule has 1 N–H and O–H groups in total. The molecule has 2 aromatic rings. The van der Waals surface area contributed by atoms with Crippen LogP contribution in [0.5, 0.6) is 11.5 Å². The van der Waals surface area contributed by atoms with Crippen LogP contribution in [0.1, 0.15) is 18.3 Å². The maximum Gasteiger partial charge on any atom is 0.231 e. The molecule has 0 fully saturated rings. The number of halogens is 1. The Morgan fingerprint density at radius 3 is 2.85 bits per heavy atom. The third-order valence-corrected chi connectivity index (χ3v) is 3.45. The second-order valence-electron chi connectivity index (χ2n) is 4.45. The van der Waals surface area contributed by atoms with Crippen LogP contribution in [0.25, 0.3) is 0 Å². The van der Waals surface area contributed by atoms with Crippen molar-refractivity contribution in [3.8, 4) is 11.5 Å². The van der Waals surface area contributed by atoms with Gasteiger partial charge in [-0.3, -0.25) is 0 Å². The van der Waals surface area contributed by atoms with Crippen LogP contribution in [0.2, 0.25) is 5.15 Å². The van der Waals surface area contributed by atoms with Crippen molar-refractivity contribution in [3.63, 3.8) is 0 Å². The summed E-state index contributed by atoms with van der Waals surface area (Å²) in [7, 11) is 0. The van der Waals surface area contributed by atoms with Crippen LogP contribution in [-0.2, 0) is 6.42 Å². The van der Waals surface area contributed by atoms with E-state index in [0.717, 1.165) is 29.2 Å². The Balaban J connectivity index is 1.93. The first-order valence-electron chi connectivity index (χ1n) is 6.37. The third kappa shape index (κ3) is 2.36. The average Bonchev–Trinajstić information content (AvgIpc) is 2.91. The second-order valence-corrected chi connectivity index (χ2v) is 4.81. The lowest BCUT2D eigenvalue weighted by molar-refractivity contribution is 0.174. The molecule has 3 rings (SSSR count). The van der Waals surface area contributed by atoms with E-state index in [4.69, 9.17) is 21.1 Å². The number of ether oxygens (including phenoxy) is 2. The number of nitrogens with one attached hydrogen (secondary N) is 1. The summed E-state index contributed by atoms with van der Waals surface area (Å²) in [6.07, 6.45) is 0.732. The smallest absolute Gasteiger partial charge is 0.231 e. The summed E-state index contributed by atoms with van der Waals surface area (Å²) in [6, 6.07) is 5.65. The minimum absolute atomic E-state index is 0.261. The molecule has 0 unspecified atom stereocenters. The SMILES string of the molecule is CCc1nc(Cl)c(C)c(Nc2ccc3c(c2)OCO3)n1. The first-order valence-corrected chi connectivity index (χ1v) is 6.75. The van der Waals surface area contributed by atoms with Crippen LogP contribution in [0.3, 0.4) is 0 Å². The summed E-state index contributed by atoms with van der Waals surface area (Å²) in [6.45, 7) is 4.14. The molecule has 5 nitrogen and oxygen atoms in total. The van der Waals surface area contributed by atoms with E-state index in [2.05, 4.69) is 15.3 Å². The number of hydrogen-bond donors (Lipinski definition) is 1. The highest BCUT2D eigenvalue weighted by atomic mass is 35.5. The van der Waals surface area contributed by atoms with Crippen molar-refractivity contribution in [3.05, 3.63) is 34.7 Å². The summed E-state index contributed by atoms with van der Waals surface area (Å²) >= 11 is 6.12. The Kier molecular flexibility index (Phi) is 3.36. The van der Waals surface area contributed by atoms with Crippen molar-refractivity contribution in [2.75, 3.05) is 12.1 Å². The molecule has 1 aliphatic heterocycles. The van der Waals surface area contributed by atoms with E-state index in [9.17, 15) is 0 Å². The Bertz CT molecular complexity index is 661. The Hall–Kier alpha value is -2.01. The number of anilines is 2. The topological polar surface area (TPSA) is 56.3 Å². The fourth-order valence-electron chi connectivity index (χ4n) is 1.92. The predicted molar refractivity (Wildman–Crippen MR) is 77.0 cm³/mol. The molecule has 104 valence electrons. The summed E-state index contributed by atoms with van der Waals surface area (Å²) in [5.74, 6) is 2.90. The molecular formula is C14H14ClN3O2. The van der Waals surface area contributed by atoms with Crippen molar-refractivity contribution in [2.24, 2.45) is 0 Å². The number of fused-ring (bicyclic) bond motifs is 1. The highest BCUT2D eigenvalue weighted by Crippen LogP contribution is 2.35. The molecule has 6 heteroatoms. The molecule has 0 bridgehead atoms. The first kappa shape index (κ1) is 13.0. The zero-order valence-corrected chi connectivity index (χ0v) is 12.0. The first-order chi connectivity index (χ1) is 9.67. The molecule has 0 saturated heterocycles. The zero-order chi connectivity index (χ0) is 14.1. The van der Waals surface area contributed by atoms with Crippen LogP contribution < -0.4 is 14.8 Å². The molecule has 0 saturated carbocycles. The van der Waals surface area contributed by atoms with Gasteiger partial charge >= 0.3 is 0 Å². The lowest BCUT2D eigenvalue weighted by atomic mass is 10.2. The average molecular weight is 292 g/mol. The van der Waals surface area contributed by atoms with Gasteiger partial charge in [0.15, 0.2) is 11.5 Å². The van der Waals surface area contributed by atoms with Gasteiger partial charge in [0, 0.05) is 23.7 Å². The number of rotatable bonds is 3. The minimum Gasteiger partial charge on any atom is -0.454 e. The Morgan fingerprint density at radius 1 is 1.25 bits per heavy atom. The van der Waals surface area contributed by atoms with Gasteiger partial charge in [-0.1, -0.05) is 18.5 Å².